The Morgan fingerprint density at radius 2 is 1.92 bits per heavy atom. The lowest BCUT2D eigenvalue weighted by molar-refractivity contribution is -0.128. The lowest BCUT2D eigenvalue weighted by atomic mass is 10.0. The topological polar surface area (TPSA) is 102 Å². The Bertz CT molecular complexity index is 697. The molecule has 0 spiro atoms. The number of nitrogens with two attached hydrogens (primary N) is 1. The van der Waals surface area contributed by atoms with Gasteiger partial charge in [-0.2, -0.15) is 5.26 Å². The normalized spacial score (nSPS) is 16.1. The molecule has 2 rings (SSSR count). The molecule has 0 radical (unpaired) electrons. The second-order valence-corrected chi connectivity index (χ2v) is 6.22. The van der Waals surface area contributed by atoms with Crippen LogP contribution in [0.15, 0.2) is 36.0 Å². The van der Waals surface area contributed by atoms with Crippen molar-refractivity contribution in [1.82, 2.24) is 15.1 Å². The van der Waals surface area contributed by atoms with Crippen LogP contribution in [0, 0.1) is 11.3 Å². The van der Waals surface area contributed by atoms with Crippen LogP contribution < -0.4 is 11.1 Å². The van der Waals surface area contributed by atoms with Crippen LogP contribution in [-0.4, -0.2) is 54.8 Å². The molecule has 1 aromatic rings. The standard InChI is InChI=1S/C18H23N5O2/c1-22-9-7-16(8-10-22)23(2)18(25)14(11-19)12-21-17(24)13-3-5-15(20)6-4-13/h3-6,12,16H,7-10,20H2,1-2H3,(H,21,24)/b14-12-. The van der Waals surface area contributed by atoms with Crippen LogP contribution in [0.5, 0.6) is 0 Å². The molecule has 1 aliphatic rings. The number of nitrogens with zero attached hydrogens (tertiary/aromatic N) is 3. The van der Waals surface area contributed by atoms with E-state index in [1.165, 1.54) is 6.20 Å². The van der Waals surface area contributed by atoms with E-state index in [9.17, 15) is 14.9 Å². The fourth-order valence-electron chi connectivity index (χ4n) is 2.74. The van der Waals surface area contributed by atoms with Crippen molar-refractivity contribution in [2.45, 2.75) is 18.9 Å². The molecule has 1 heterocycles. The summed E-state index contributed by atoms with van der Waals surface area (Å²) in [6, 6.07) is 8.36. The van der Waals surface area contributed by atoms with Gasteiger partial charge in [-0.3, -0.25) is 9.59 Å². The van der Waals surface area contributed by atoms with E-state index >= 15 is 0 Å². The molecule has 7 heteroatoms. The summed E-state index contributed by atoms with van der Waals surface area (Å²) in [6.45, 7) is 1.84. The SMILES string of the molecule is CN1CCC(N(C)C(=O)/C(C#N)=C\NC(=O)c2ccc(N)cc2)CC1. The molecule has 0 bridgehead atoms. The Hall–Kier alpha value is -2.85. The molecular formula is C18H23N5O2. The average molecular weight is 341 g/mol. The summed E-state index contributed by atoms with van der Waals surface area (Å²) in [5.41, 5.74) is 6.45. The summed E-state index contributed by atoms with van der Waals surface area (Å²) in [5, 5.41) is 11.8. The van der Waals surface area contributed by atoms with Crippen LogP contribution in [0.1, 0.15) is 23.2 Å². The Kier molecular flexibility index (Phi) is 6.14. The summed E-state index contributed by atoms with van der Waals surface area (Å²) in [7, 11) is 3.75. The van der Waals surface area contributed by atoms with Crippen molar-refractivity contribution in [2.75, 3.05) is 32.9 Å². The molecule has 7 nitrogen and oxygen atoms in total. The quantitative estimate of drug-likeness (QED) is 0.482. The number of likely N-dealkylation sites (N-methyl/N-ethyl adjacent to an activating group) is 1. The first-order valence-corrected chi connectivity index (χ1v) is 8.14. The van der Waals surface area contributed by atoms with Crippen molar-refractivity contribution < 1.29 is 9.59 Å². The van der Waals surface area contributed by atoms with Crippen molar-refractivity contribution in [2.24, 2.45) is 0 Å². The zero-order valence-corrected chi connectivity index (χ0v) is 14.5. The smallest absolute Gasteiger partial charge is 0.266 e. The van der Waals surface area contributed by atoms with Gasteiger partial charge in [0.2, 0.25) is 0 Å². The Labute approximate surface area is 147 Å². The number of hydrogen-bond donors (Lipinski definition) is 2. The lowest BCUT2D eigenvalue weighted by Crippen LogP contribution is -2.45. The molecule has 3 N–H and O–H groups in total. The van der Waals surface area contributed by atoms with Gasteiger partial charge in [0.05, 0.1) is 0 Å². The second kappa shape index (κ2) is 8.31. The lowest BCUT2D eigenvalue weighted by Gasteiger charge is -2.34. The van der Waals surface area contributed by atoms with E-state index in [1.807, 2.05) is 13.1 Å². The van der Waals surface area contributed by atoms with Gasteiger partial charge in [-0.05, 0) is 57.2 Å². The van der Waals surface area contributed by atoms with E-state index in [0.717, 1.165) is 25.9 Å². The minimum atomic E-state index is -0.400. The number of rotatable bonds is 4. The van der Waals surface area contributed by atoms with Gasteiger partial charge in [0, 0.05) is 30.5 Å². The molecule has 1 aliphatic heterocycles. The van der Waals surface area contributed by atoms with E-state index in [0.29, 0.717) is 11.3 Å². The van der Waals surface area contributed by atoms with Crippen LogP contribution in [0.4, 0.5) is 5.69 Å². The van der Waals surface area contributed by atoms with Gasteiger partial charge in [-0.25, -0.2) is 0 Å². The highest BCUT2D eigenvalue weighted by molar-refractivity contribution is 5.99. The number of piperidine rings is 1. The summed E-state index contributed by atoms with van der Waals surface area (Å²) < 4.78 is 0. The van der Waals surface area contributed by atoms with Crippen LogP contribution in [0.25, 0.3) is 0 Å². The monoisotopic (exact) mass is 341 g/mol. The zero-order valence-electron chi connectivity index (χ0n) is 14.5. The maximum Gasteiger partial charge on any atom is 0.266 e. The molecular weight excluding hydrogens is 318 g/mol. The maximum atomic E-state index is 12.5. The highest BCUT2D eigenvalue weighted by atomic mass is 16.2. The van der Waals surface area contributed by atoms with Crippen molar-refractivity contribution >= 4 is 17.5 Å². The van der Waals surface area contributed by atoms with Gasteiger partial charge in [0.1, 0.15) is 11.6 Å². The number of nitrogens with one attached hydrogen (secondary N) is 1. The van der Waals surface area contributed by atoms with Gasteiger partial charge >= 0.3 is 0 Å². The molecule has 1 aromatic carbocycles. The molecule has 0 saturated carbocycles. The molecule has 132 valence electrons. The molecule has 0 aliphatic carbocycles. The van der Waals surface area contributed by atoms with Gasteiger partial charge in [-0.15, -0.1) is 0 Å². The van der Waals surface area contributed by atoms with E-state index < -0.39 is 5.91 Å². The molecule has 0 unspecified atom stereocenters. The molecule has 25 heavy (non-hydrogen) atoms. The first-order valence-electron chi connectivity index (χ1n) is 8.14. The van der Waals surface area contributed by atoms with Crippen LogP contribution >= 0.6 is 0 Å². The highest BCUT2D eigenvalue weighted by Gasteiger charge is 2.26. The number of carbonyl (C=O) groups excluding carboxylic acids is 2. The number of carbonyl (C=O) groups is 2. The Morgan fingerprint density at radius 1 is 1.32 bits per heavy atom. The molecule has 1 saturated heterocycles. The minimum Gasteiger partial charge on any atom is -0.399 e. The molecule has 2 amide bonds. The van der Waals surface area contributed by atoms with Crippen LogP contribution in [0.2, 0.25) is 0 Å². The van der Waals surface area contributed by atoms with Crippen molar-refractivity contribution in [3.63, 3.8) is 0 Å². The largest absolute Gasteiger partial charge is 0.399 e. The van der Waals surface area contributed by atoms with Crippen LogP contribution in [0.3, 0.4) is 0 Å². The average Bonchev–Trinajstić information content (AvgIpc) is 2.62. The van der Waals surface area contributed by atoms with Crippen molar-refractivity contribution in [3.05, 3.63) is 41.6 Å². The minimum absolute atomic E-state index is 0.0924. The second-order valence-electron chi connectivity index (χ2n) is 6.22. The summed E-state index contributed by atoms with van der Waals surface area (Å²) >= 11 is 0. The first kappa shape index (κ1) is 18.5. The van der Waals surface area contributed by atoms with Crippen molar-refractivity contribution in [3.8, 4) is 6.07 Å². The highest BCUT2D eigenvalue weighted by Crippen LogP contribution is 2.16. The number of anilines is 1. The summed E-state index contributed by atoms with van der Waals surface area (Å²) in [4.78, 5) is 28.4. The Morgan fingerprint density at radius 3 is 2.48 bits per heavy atom. The molecule has 0 atom stereocenters. The Balaban J connectivity index is 2.01. The number of hydrogen-bond acceptors (Lipinski definition) is 5. The maximum absolute atomic E-state index is 12.5. The van der Waals surface area contributed by atoms with E-state index in [4.69, 9.17) is 5.73 Å². The summed E-state index contributed by atoms with van der Waals surface area (Å²) in [5.74, 6) is -0.780. The number of likely N-dealkylation sites (tertiary alicyclic amines) is 1. The fourth-order valence-corrected chi connectivity index (χ4v) is 2.74. The third-order valence-corrected chi connectivity index (χ3v) is 4.43. The fraction of sp³-hybridized carbons (Fsp3) is 0.389. The van der Waals surface area contributed by atoms with Crippen LogP contribution in [-0.2, 0) is 4.79 Å². The third kappa shape index (κ3) is 4.81. The third-order valence-electron chi connectivity index (χ3n) is 4.43. The van der Waals surface area contributed by atoms with Gasteiger partial charge in [-0.1, -0.05) is 0 Å². The predicted molar refractivity (Wildman–Crippen MR) is 95.3 cm³/mol. The molecule has 0 aromatic heterocycles. The van der Waals surface area contributed by atoms with E-state index in [2.05, 4.69) is 10.2 Å². The van der Waals surface area contributed by atoms with Gasteiger partial charge in [0.15, 0.2) is 0 Å². The first-order chi connectivity index (χ1) is 11.9. The van der Waals surface area contributed by atoms with Gasteiger partial charge < -0.3 is 20.9 Å². The number of nitriles is 1. The van der Waals surface area contributed by atoms with Crippen molar-refractivity contribution in [1.29, 1.82) is 5.26 Å². The van der Waals surface area contributed by atoms with Gasteiger partial charge in [0.25, 0.3) is 11.8 Å². The number of benzene rings is 1. The van der Waals surface area contributed by atoms with E-state index in [-0.39, 0.29) is 17.5 Å². The zero-order chi connectivity index (χ0) is 18.4. The number of amides is 2. The van der Waals surface area contributed by atoms with E-state index in [1.54, 1.807) is 36.2 Å². The number of nitrogen functional groups attached to an aromatic ring is 1. The summed E-state index contributed by atoms with van der Waals surface area (Å²) in [6.07, 6.45) is 2.91. The predicted octanol–water partition coefficient (Wildman–Crippen LogP) is 0.959. The molecule has 1 fully saturated rings.